The lowest BCUT2D eigenvalue weighted by Crippen LogP contribution is -2.19. The summed E-state index contributed by atoms with van der Waals surface area (Å²) < 4.78 is 7.14. The Kier molecular flexibility index (Phi) is 6.80. The summed E-state index contributed by atoms with van der Waals surface area (Å²) >= 11 is 15.4. The molecule has 0 saturated carbocycles. The molecule has 0 unspecified atom stereocenters. The molecule has 0 fully saturated rings. The number of aromatic nitrogens is 1. The van der Waals surface area contributed by atoms with Crippen molar-refractivity contribution in [3.63, 3.8) is 0 Å². The number of ether oxygens (including phenoxy) is 1. The van der Waals surface area contributed by atoms with E-state index in [9.17, 15) is 4.79 Å². The van der Waals surface area contributed by atoms with Crippen LogP contribution in [0.15, 0.2) is 41.3 Å². The maximum absolute atomic E-state index is 12.1. The third-order valence-corrected chi connectivity index (χ3v) is 4.27. The van der Waals surface area contributed by atoms with E-state index in [4.69, 9.17) is 27.9 Å². The SMILES string of the molecule is O=c1cc(OCCCCBr)ccn1Cc1ccc(Cl)cc1Cl. The molecule has 0 aliphatic heterocycles. The first kappa shape index (κ1) is 17.4. The Bertz CT molecular complexity index is 688. The number of alkyl halides is 1. The summed E-state index contributed by atoms with van der Waals surface area (Å²) in [6, 6.07) is 8.54. The zero-order valence-corrected chi connectivity index (χ0v) is 15.0. The summed E-state index contributed by atoms with van der Waals surface area (Å²) in [4.78, 5) is 12.1. The Labute approximate surface area is 147 Å². The molecule has 2 rings (SSSR count). The molecule has 1 heterocycles. The molecule has 118 valence electrons. The van der Waals surface area contributed by atoms with Crippen molar-refractivity contribution in [1.29, 1.82) is 0 Å². The molecule has 3 nitrogen and oxygen atoms in total. The smallest absolute Gasteiger partial charge is 0.254 e. The second-order valence-electron chi connectivity index (χ2n) is 4.81. The number of halogens is 3. The molecule has 22 heavy (non-hydrogen) atoms. The van der Waals surface area contributed by atoms with Crippen molar-refractivity contribution < 1.29 is 4.74 Å². The van der Waals surface area contributed by atoms with Gasteiger partial charge in [0.1, 0.15) is 5.75 Å². The average molecular weight is 405 g/mol. The van der Waals surface area contributed by atoms with Gasteiger partial charge in [0.05, 0.1) is 13.2 Å². The van der Waals surface area contributed by atoms with Gasteiger partial charge in [-0.25, -0.2) is 0 Å². The quantitative estimate of drug-likeness (QED) is 0.492. The summed E-state index contributed by atoms with van der Waals surface area (Å²) in [7, 11) is 0. The van der Waals surface area contributed by atoms with Crippen LogP contribution in [0.4, 0.5) is 0 Å². The van der Waals surface area contributed by atoms with Crippen LogP contribution >= 0.6 is 39.1 Å². The molecule has 0 bridgehead atoms. The van der Waals surface area contributed by atoms with E-state index in [0.717, 1.165) is 23.7 Å². The number of benzene rings is 1. The topological polar surface area (TPSA) is 31.2 Å². The molecule has 2 aromatic rings. The van der Waals surface area contributed by atoms with Crippen molar-refractivity contribution in [1.82, 2.24) is 4.57 Å². The zero-order valence-electron chi connectivity index (χ0n) is 11.9. The van der Waals surface area contributed by atoms with Gasteiger partial charge in [-0.3, -0.25) is 4.79 Å². The first-order valence-electron chi connectivity index (χ1n) is 6.93. The molecule has 0 radical (unpaired) electrons. The van der Waals surface area contributed by atoms with E-state index in [1.54, 1.807) is 29.0 Å². The van der Waals surface area contributed by atoms with Gasteiger partial charge in [0.15, 0.2) is 0 Å². The Morgan fingerprint density at radius 1 is 1.14 bits per heavy atom. The van der Waals surface area contributed by atoms with Crippen LogP contribution in [-0.2, 0) is 6.54 Å². The summed E-state index contributed by atoms with van der Waals surface area (Å²) in [5.74, 6) is 0.595. The highest BCUT2D eigenvalue weighted by Gasteiger charge is 2.05. The van der Waals surface area contributed by atoms with Crippen molar-refractivity contribution in [2.45, 2.75) is 19.4 Å². The second-order valence-corrected chi connectivity index (χ2v) is 6.45. The van der Waals surface area contributed by atoms with Crippen LogP contribution in [0.1, 0.15) is 18.4 Å². The van der Waals surface area contributed by atoms with Gasteiger partial charge < -0.3 is 9.30 Å². The van der Waals surface area contributed by atoms with Crippen LogP contribution in [-0.4, -0.2) is 16.5 Å². The second kappa shape index (κ2) is 8.61. The molecule has 0 amide bonds. The lowest BCUT2D eigenvalue weighted by Gasteiger charge is -2.10. The van der Waals surface area contributed by atoms with E-state index < -0.39 is 0 Å². The number of pyridine rings is 1. The Morgan fingerprint density at radius 2 is 1.95 bits per heavy atom. The minimum Gasteiger partial charge on any atom is -0.493 e. The largest absolute Gasteiger partial charge is 0.493 e. The standard InChI is InChI=1S/C16H16BrCl2NO2/c17-6-1-2-8-22-14-5-7-20(16(21)10-14)11-12-3-4-13(18)9-15(12)19/h3-5,7,9-10H,1-2,6,8,11H2. The molecule has 1 aromatic carbocycles. The lowest BCUT2D eigenvalue weighted by molar-refractivity contribution is 0.308. The van der Waals surface area contributed by atoms with Gasteiger partial charge in [0.2, 0.25) is 0 Å². The van der Waals surface area contributed by atoms with Gasteiger partial charge in [-0.1, -0.05) is 45.2 Å². The van der Waals surface area contributed by atoms with Gasteiger partial charge >= 0.3 is 0 Å². The predicted molar refractivity (Wildman–Crippen MR) is 94.8 cm³/mol. The molecule has 0 atom stereocenters. The molecule has 1 aromatic heterocycles. The first-order valence-corrected chi connectivity index (χ1v) is 8.81. The fourth-order valence-corrected chi connectivity index (χ4v) is 2.79. The molecular weight excluding hydrogens is 389 g/mol. The van der Waals surface area contributed by atoms with Gasteiger partial charge in [-0.15, -0.1) is 0 Å². The Balaban J connectivity index is 2.05. The zero-order chi connectivity index (χ0) is 15.9. The highest BCUT2D eigenvalue weighted by atomic mass is 79.9. The maximum atomic E-state index is 12.1. The lowest BCUT2D eigenvalue weighted by atomic mass is 10.2. The third kappa shape index (κ3) is 5.04. The van der Waals surface area contributed by atoms with Crippen molar-refractivity contribution in [3.8, 4) is 5.75 Å². The number of hydrogen-bond acceptors (Lipinski definition) is 2. The summed E-state index contributed by atoms with van der Waals surface area (Å²) in [6.07, 6.45) is 3.72. The monoisotopic (exact) mass is 403 g/mol. The van der Waals surface area contributed by atoms with Crippen LogP contribution in [0.5, 0.6) is 5.75 Å². The van der Waals surface area contributed by atoms with Crippen molar-refractivity contribution in [2.24, 2.45) is 0 Å². The summed E-state index contributed by atoms with van der Waals surface area (Å²) in [5.41, 5.74) is 0.725. The van der Waals surface area contributed by atoms with E-state index in [1.807, 2.05) is 6.07 Å². The number of nitrogens with zero attached hydrogens (tertiary/aromatic N) is 1. The molecule has 6 heteroatoms. The molecule has 0 aliphatic rings. The predicted octanol–water partition coefficient (Wildman–Crippen LogP) is 4.76. The molecular formula is C16H16BrCl2NO2. The van der Waals surface area contributed by atoms with Gasteiger partial charge in [0.25, 0.3) is 5.56 Å². The minimum atomic E-state index is -0.121. The number of rotatable bonds is 7. The Hall–Kier alpha value is -0.970. The van der Waals surface area contributed by atoms with Crippen LogP contribution in [0.2, 0.25) is 10.0 Å². The summed E-state index contributed by atoms with van der Waals surface area (Å²) in [5, 5.41) is 2.09. The van der Waals surface area contributed by atoms with Crippen LogP contribution in [0.25, 0.3) is 0 Å². The van der Waals surface area contributed by atoms with Crippen LogP contribution in [0, 0.1) is 0 Å². The number of hydrogen-bond donors (Lipinski definition) is 0. The number of unbranched alkanes of at least 4 members (excludes halogenated alkanes) is 1. The normalized spacial score (nSPS) is 10.7. The van der Waals surface area contributed by atoms with Crippen molar-refractivity contribution in [2.75, 3.05) is 11.9 Å². The third-order valence-electron chi connectivity index (χ3n) is 3.12. The van der Waals surface area contributed by atoms with E-state index in [2.05, 4.69) is 15.9 Å². The van der Waals surface area contributed by atoms with E-state index >= 15 is 0 Å². The van der Waals surface area contributed by atoms with E-state index in [0.29, 0.717) is 28.9 Å². The van der Waals surface area contributed by atoms with Crippen molar-refractivity contribution in [3.05, 3.63) is 62.5 Å². The average Bonchev–Trinajstić information content (AvgIpc) is 2.49. The fraction of sp³-hybridized carbons (Fsp3) is 0.312. The summed E-state index contributed by atoms with van der Waals surface area (Å²) in [6.45, 7) is 1.01. The fourth-order valence-electron chi connectivity index (χ4n) is 1.93. The van der Waals surface area contributed by atoms with E-state index in [1.165, 1.54) is 6.07 Å². The molecule has 0 spiro atoms. The maximum Gasteiger partial charge on any atom is 0.254 e. The van der Waals surface area contributed by atoms with Crippen LogP contribution < -0.4 is 10.3 Å². The molecule has 0 saturated heterocycles. The van der Waals surface area contributed by atoms with E-state index in [-0.39, 0.29) is 5.56 Å². The minimum absolute atomic E-state index is 0.121. The first-order chi connectivity index (χ1) is 10.6. The van der Waals surface area contributed by atoms with Crippen molar-refractivity contribution >= 4 is 39.1 Å². The highest BCUT2D eigenvalue weighted by molar-refractivity contribution is 9.09. The Morgan fingerprint density at radius 3 is 2.64 bits per heavy atom. The van der Waals surface area contributed by atoms with Gasteiger partial charge in [0, 0.05) is 27.6 Å². The van der Waals surface area contributed by atoms with Gasteiger partial charge in [-0.05, 0) is 36.6 Å². The van der Waals surface area contributed by atoms with Crippen LogP contribution in [0.3, 0.4) is 0 Å². The van der Waals surface area contributed by atoms with Gasteiger partial charge in [-0.2, -0.15) is 0 Å². The molecule has 0 N–H and O–H groups in total. The highest BCUT2D eigenvalue weighted by Crippen LogP contribution is 2.21. The molecule has 0 aliphatic carbocycles.